The summed E-state index contributed by atoms with van der Waals surface area (Å²) in [6.07, 6.45) is 2.50. The molecule has 0 saturated heterocycles. The minimum absolute atomic E-state index is 0.0218. The lowest BCUT2D eigenvalue weighted by Gasteiger charge is -2.23. The molecule has 4 rings (SSSR count). The van der Waals surface area contributed by atoms with Crippen LogP contribution in [0.4, 0.5) is 11.4 Å². The van der Waals surface area contributed by atoms with E-state index in [1.165, 1.54) is 24.0 Å². The van der Waals surface area contributed by atoms with E-state index in [0.29, 0.717) is 30.3 Å². The first kappa shape index (κ1) is 28.0. The third-order valence-corrected chi connectivity index (χ3v) is 6.79. The summed E-state index contributed by atoms with van der Waals surface area (Å²) in [7, 11) is 1.19. The molecule has 40 heavy (non-hydrogen) atoms. The summed E-state index contributed by atoms with van der Waals surface area (Å²) in [5.74, 6) is -0.954. The zero-order valence-corrected chi connectivity index (χ0v) is 22.2. The molecule has 14 nitrogen and oxygen atoms in total. The van der Waals surface area contributed by atoms with Crippen molar-refractivity contribution in [2.75, 3.05) is 20.3 Å². The molecule has 1 aromatic heterocycles. The number of ether oxygens (including phenoxy) is 3. The fourth-order valence-corrected chi connectivity index (χ4v) is 5.10. The zero-order chi connectivity index (χ0) is 29.1. The molecular weight excluding hydrogens is 548 g/mol. The molecule has 208 valence electrons. The smallest absolute Gasteiger partial charge is 0.337 e. The van der Waals surface area contributed by atoms with Crippen molar-refractivity contribution >= 4 is 34.8 Å². The van der Waals surface area contributed by atoms with Gasteiger partial charge in [0, 0.05) is 18.3 Å². The Kier molecular flexibility index (Phi) is 7.95. The number of nitro groups is 2. The highest BCUT2D eigenvalue weighted by atomic mass is 32.1. The van der Waals surface area contributed by atoms with Crippen LogP contribution >= 0.6 is 11.3 Å². The van der Waals surface area contributed by atoms with Gasteiger partial charge in [0.2, 0.25) is 0 Å². The second kappa shape index (κ2) is 11.4. The van der Waals surface area contributed by atoms with E-state index < -0.39 is 44.5 Å². The molecule has 0 unspecified atom stereocenters. The van der Waals surface area contributed by atoms with Crippen LogP contribution in [0.1, 0.15) is 31.0 Å². The van der Waals surface area contributed by atoms with Crippen molar-refractivity contribution in [3.8, 4) is 17.2 Å². The minimum Gasteiger partial charge on any atom is -0.497 e. The number of nitrogens with zero attached hydrogens (tertiary/aromatic N) is 4. The molecule has 1 aliphatic heterocycles. The summed E-state index contributed by atoms with van der Waals surface area (Å²) in [5.41, 5.74) is -1.92. The predicted molar refractivity (Wildman–Crippen MR) is 141 cm³/mol. The molecule has 2 heterocycles. The largest absolute Gasteiger partial charge is 0.497 e. The maximum Gasteiger partial charge on any atom is 0.337 e. The molecule has 0 fully saturated rings. The number of nitro benzene ring substituents is 2. The lowest BCUT2D eigenvalue weighted by atomic mass is 9.97. The van der Waals surface area contributed by atoms with E-state index in [1.807, 2.05) is 6.92 Å². The number of hydrogen-bond donors (Lipinski definition) is 1. The van der Waals surface area contributed by atoms with Gasteiger partial charge >= 0.3 is 17.3 Å². The van der Waals surface area contributed by atoms with Gasteiger partial charge < -0.3 is 19.3 Å². The number of aromatic nitrogens is 1. The summed E-state index contributed by atoms with van der Waals surface area (Å²) in [6.45, 7) is 4.33. The van der Waals surface area contributed by atoms with Gasteiger partial charge in [-0.15, -0.1) is 0 Å². The van der Waals surface area contributed by atoms with Gasteiger partial charge in [0.25, 0.3) is 11.3 Å². The van der Waals surface area contributed by atoms with Crippen LogP contribution in [0.2, 0.25) is 0 Å². The molecule has 0 amide bonds. The number of carbonyl (C=O) groups is 1. The number of esters is 1. The molecule has 3 aromatic rings. The summed E-state index contributed by atoms with van der Waals surface area (Å²) in [4.78, 5) is 51.6. The number of carbonyl (C=O) groups excluding carboxylic acids is 1. The molecule has 0 aliphatic carbocycles. The van der Waals surface area contributed by atoms with Gasteiger partial charge in [-0.1, -0.05) is 17.4 Å². The van der Waals surface area contributed by atoms with Crippen molar-refractivity contribution in [1.29, 1.82) is 0 Å². The van der Waals surface area contributed by atoms with Gasteiger partial charge in [0.05, 0.1) is 46.3 Å². The second-order valence-electron chi connectivity index (χ2n) is 8.17. The van der Waals surface area contributed by atoms with Crippen LogP contribution in [0, 0.1) is 20.2 Å². The molecular formula is C25H22N4O10S. The average Bonchev–Trinajstić information content (AvgIpc) is 3.24. The number of methoxy groups -OCH3 is 1. The molecule has 0 bridgehead atoms. The normalized spacial score (nSPS) is 14.5. The summed E-state index contributed by atoms with van der Waals surface area (Å²) < 4.78 is 17.5. The number of hydrogen-bond acceptors (Lipinski definition) is 12. The Morgan fingerprint density at radius 3 is 2.30 bits per heavy atom. The molecule has 1 N–H and O–H groups in total. The number of fused-ring (bicyclic) bond motifs is 1. The first-order chi connectivity index (χ1) is 19.1. The first-order valence-corrected chi connectivity index (χ1v) is 12.6. The maximum atomic E-state index is 13.7. The van der Waals surface area contributed by atoms with Crippen molar-refractivity contribution in [2.24, 2.45) is 4.99 Å². The number of phenols is 1. The quantitative estimate of drug-likeness (QED) is 0.227. The molecule has 0 spiro atoms. The Morgan fingerprint density at radius 2 is 1.73 bits per heavy atom. The molecule has 15 heteroatoms. The zero-order valence-electron chi connectivity index (χ0n) is 21.4. The van der Waals surface area contributed by atoms with Gasteiger partial charge in [0.1, 0.15) is 0 Å². The van der Waals surface area contributed by atoms with Crippen LogP contribution in [0.3, 0.4) is 0 Å². The second-order valence-corrected chi connectivity index (χ2v) is 9.18. The number of phenolic OH excluding ortho intramolecular Hbond substituents is 1. The number of benzene rings is 2. The van der Waals surface area contributed by atoms with Gasteiger partial charge in [-0.2, -0.15) is 0 Å². The van der Waals surface area contributed by atoms with Gasteiger partial charge in [-0.05, 0) is 43.2 Å². The number of thiazole rings is 1. The summed E-state index contributed by atoms with van der Waals surface area (Å²) in [6, 6.07) is 5.82. The third kappa shape index (κ3) is 5.13. The SMILES string of the molecule is CCOc1ccc([C@@H]2C(C(=O)OC)=CN=c3s/c(=C/c4cc([N+](=O)[O-])c(O)c([N+](=O)[O-])c4)c(=O)n32)cc1OCC. The highest BCUT2D eigenvalue weighted by molar-refractivity contribution is 7.07. The lowest BCUT2D eigenvalue weighted by molar-refractivity contribution is -0.396. The summed E-state index contributed by atoms with van der Waals surface area (Å²) in [5, 5.41) is 32.7. The fourth-order valence-electron chi connectivity index (χ4n) is 4.13. The van der Waals surface area contributed by atoms with E-state index in [4.69, 9.17) is 14.2 Å². The standard InChI is InChI=1S/C25H22N4O10S/c1-4-38-18-7-6-14(11-19(18)39-5-2)21-15(24(32)37-3)12-26-25-27(21)23(31)20(40-25)10-13-8-16(28(33)34)22(30)17(9-13)29(35)36/h6-12,21,30H,4-5H2,1-3H3/b20-10+/t21-/m1/s1. The van der Waals surface area contributed by atoms with Crippen molar-refractivity contribution in [1.82, 2.24) is 4.57 Å². The van der Waals surface area contributed by atoms with E-state index in [2.05, 4.69) is 4.99 Å². The van der Waals surface area contributed by atoms with E-state index in [1.54, 1.807) is 25.1 Å². The highest BCUT2D eigenvalue weighted by Crippen LogP contribution is 2.37. The maximum absolute atomic E-state index is 13.7. The van der Waals surface area contributed by atoms with E-state index >= 15 is 0 Å². The van der Waals surface area contributed by atoms with Crippen LogP contribution in [0.25, 0.3) is 6.08 Å². The Labute approximate surface area is 229 Å². The Balaban J connectivity index is 1.94. The van der Waals surface area contributed by atoms with Crippen molar-refractivity contribution in [2.45, 2.75) is 19.9 Å². The van der Waals surface area contributed by atoms with Crippen LogP contribution in [0.5, 0.6) is 17.2 Å². The fraction of sp³-hybridized carbons (Fsp3) is 0.240. The first-order valence-electron chi connectivity index (χ1n) is 11.8. The highest BCUT2D eigenvalue weighted by Gasteiger charge is 2.32. The molecule has 0 saturated carbocycles. The molecule has 1 atom stereocenters. The monoisotopic (exact) mass is 570 g/mol. The Morgan fingerprint density at radius 1 is 1.10 bits per heavy atom. The average molecular weight is 571 g/mol. The molecule has 2 aromatic carbocycles. The van der Waals surface area contributed by atoms with Crippen molar-refractivity contribution < 1.29 is 34.0 Å². The summed E-state index contributed by atoms with van der Waals surface area (Å²) >= 11 is 0.908. The topological polar surface area (TPSA) is 186 Å². The van der Waals surface area contributed by atoms with Crippen molar-refractivity contribution in [3.05, 3.63) is 93.1 Å². The minimum atomic E-state index is -1.10. The van der Waals surface area contributed by atoms with Gasteiger partial charge in [0.15, 0.2) is 16.3 Å². The molecule has 1 aliphatic rings. The predicted octanol–water partition coefficient (Wildman–Crippen LogP) is 2.34. The van der Waals surface area contributed by atoms with Gasteiger partial charge in [-0.25, -0.2) is 9.79 Å². The number of aromatic hydroxyl groups is 1. The van der Waals surface area contributed by atoms with Crippen LogP contribution in [-0.4, -0.2) is 45.8 Å². The lowest BCUT2D eigenvalue weighted by Crippen LogP contribution is -2.39. The van der Waals surface area contributed by atoms with E-state index in [-0.39, 0.29) is 20.5 Å². The number of rotatable bonds is 9. The Hall–Kier alpha value is -5.05. The van der Waals surface area contributed by atoms with E-state index in [0.717, 1.165) is 23.5 Å². The Bertz CT molecular complexity index is 1710. The van der Waals surface area contributed by atoms with Crippen LogP contribution in [0.15, 0.2) is 51.9 Å². The third-order valence-electron chi connectivity index (χ3n) is 5.79. The van der Waals surface area contributed by atoms with Crippen LogP contribution in [-0.2, 0) is 9.53 Å². The molecule has 0 radical (unpaired) electrons. The van der Waals surface area contributed by atoms with Crippen LogP contribution < -0.4 is 24.4 Å². The van der Waals surface area contributed by atoms with Crippen molar-refractivity contribution in [3.63, 3.8) is 0 Å². The van der Waals surface area contributed by atoms with E-state index in [9.17, 15) is 34.9 Å². The van der Waals surface area contributed by atoms with Gasteiger partial charge in [-0.3, -0.25) is 29.6 Å².